The number of hydrogen-bond acceptors (Lipinski definition) is 3. The zero-order valence-electron chi connectivity index (χ0n) is 15.6. The van der Waals surface area contributed by atoms with Crippen LogP contribution in [-0.2, 0) is 0 Å². The Bertz CT molecular complexity index is 1110. The van der Waals surface area contributed by atoms with E-state index in [4.69, 9.17) is 4.74 Å². The van der Waals surface area contributed by atoms with Gasteiger partial charge >= 0.3 is 5.97 Å². The number of aryl methyl sites for hydroxylation is 2. The molecule has 0 aliphatic heterocycles. The summed E-state index contributed by atoms with van der Waals surface area (Å²) in [6, 6.07) is 20.3. The number of carbonyl (C=O) groups excluding carboxylic acids is 1. The van der Waals surface area contributed by atoms with E-state index in [9.17, 15) is 14.4 Å². The van der Waals surface area contributed by atoms with Gasteiger partial charge in [-0.05, 0) is 66.9 Å². The lowest BCUT2D eigenvalue weighted by Gasteiger charge is -2.07. The molecule has 0 saturated carbocycles. The summed E-state index contributed by atoms with van der Waals surface area (Å²) in [6.07, 6.45) is 1.56. The van der Waals surface area contributed by atoms with Gasteiger partial charge in [-0.25, -0.2) is 9.18 Å². The molecule has 3 aromatic carbocycles. The molecule has 3 nitrogen and oxygen atoms in total. The summed E-state index contributed by atoms with van der Waals surface area (Å²) in [5.41, 5.74) is 3.62. The molecule has 0 heterocycles. The molecule has 0 aromatic heterocycles. The van der Waals surface area contributed by atoms with E-state index in [1.165, 1.54) is 6.07 Å². The van der Waals surface area contributed by atoms with Gasteiger partial charge in [0.25, 0.3) is 0 Å². The minimum absolute atomic E-state index is 0.190. The average molecular weight is 371 g/mol. The number of ether oxygens (including phenoxy) is 1. The molecule has 0 atom stereocenters. The van der Waals surface area contributed by atoms with E-state index in [0.717, 1.165) is 11.1 Å². The lowest BCUT2D eigenvalue weighted by Crippen LogP contribution is -2.09. The van der Waals surface area contributed by atoms with E-state index < -0.39 is 11.8 Å². The summed E-state index contributed by atoms with van der Waals surface area (Å²) in [5.74, 6) is -0.575. The molecule has 0 radical (unpaired) electrons. The predicted molar refractivity (Wildman–Crippen MR) is 107 cm³/mol. The smallest absolute Gasteiger partial charge is 0.343 e. The average Bonchev–Trinajstić information content (AvgIpc) is 2.69. The highest BCUT2D eigenvalue weighted by Crippen LogP contribution is 2.23. The molecule has 0 N–H and O–H groups in total. The van der Waals surface area contributed by atoms with E-state index >= 15 is 0 Å². The van der Waals surface area contributed by atoms with E-state index in [2.05, 4.69) is 0 Å². The maximum absolute atomic E-state index is 14.0. The maximum atomic E-state index is 14.0. The zero-order chi connectivity index (χ0) is 20.1. The van der Waals surface area contributed by atoms with Crippen molar-refractivity contribution in [3.8, 4) is 11.8 Å². The van der Waals surface area contributed by atoms with Crippen LogP contribution < -0.4 is 4.74 Å². The van der Waals surface area contributed by atoms with E-state index in [1.807, 2.05) is 26.0 Å². The van der Waals surface area contributed by atoms with Crippen molar-refractivity contribution in [1.29, 1.82) is 5.26 Å². The Balaban J connectivity index is 1.86. The number of rotatable bonds is 4. The van der Waals surface area contributed by atoms with Crippen molar-refractivity contribution in [2.24, 2.45) is 0 Å². The quantitative estimate of drug-likeness (QED) is 0.255. The number of halogens is 1. The highest BCUT2D eigenvalue weighted by Gasteiger charge is 2.11. The van der Waals surface area contributed by atoms with Crippen molar-refractivity contribution < 1.29 is 13.9 Å². The van der Waals surface area contributed by atoms with Crippen LogP contribution in [-0.4, -0.2) is 5.97 Å². The largest absolute Gasteiger partial charge is 0.423 e. The van der Waals surface area contributed by atoms with Crippen LogP contribution in [0.4, 0.5) is 4.39 Å². The van der Waals surface area contributed by atoms with Gasteiger partial charge in [0, 0.05) is 5.56 Å². The second-order valence-electron chi connectivity index (χ2n) is 6.41. The summed E-state index contributed by atoms with van der Waals surface area (Å²) in [7, 11) is 0. The van der Waals surface area contributed by atoms with Crippen LogP contribution in [0.5, 0.6) is 5.75 Å². The fourth-order valence-electron chi connectivity index (χ4n) is 2.72. The second kappa shape index (κ2) is 8.32. The van der Waals surface area contributed by atoms with Crippen molar-refractivity contribution in [3.05, 3.63) is 100 Å². The predicted octanol–water partition coefficient (Wildman–Crippen LogP) is 5.73. The normalized spacial score (nSPS) is 11.0. The number of esters is 1. The molecule has 0 saturated heterocycles. The molecule has 0 aliphatic carbocycles. The number of nitrogens with zero attached hydrogens (tertiary/aromatic N) is 1. The van der Waals surface area contributed by atoms with Crippen LogP contribution >= 0.6 is 0 Å². The number of benzene rings is 3. The van der Waals surface area contributed by atoms with Crippen LogP contribution in [0.25, 0.3) is 11.6 Å². The van der Waals surface area contributed by atoms with Crippen molar-refractivity contribution in [3.63, 3.8) is 0 Å². The summed E-state index contributed by atoms with van der Waals surface area (Å²) < 4.78 is 19.4. The molecule has 138 valence electrons. The van der Waals surface area contributed by atoms with Gasteiger partial charge in [0.05, 0.1) is 17.2 Å². The third-order valence-electron chi connectivity index (χ3n) is 4.41. The number of allylic oxidation sites excluding steroid dienone is 1. The SMILES string of the molecule is Cc1ccc(C(=O)Oc2cccc(/C=C(/C#N)c3ccccc3F)c2)cc1C. The number of hydrogen-bond donors (Lipinski definition) is 0. The molecular formula is C24H18FNO2. The van der Waals surface area contributed by atoms with Gasteiger partial charge in [0.1, 0.15) is 11.6 Å². The minimum Gasteiger partial charge on any atom is -0.423 e. The van der Waals surface area contributed by atoms with E-state index in [0.29, 0.717) is 16.9 Å². The van der Waals surface area contributed by atoms with Crippen LogP contribution in [0.1, 0.15) is 32.6 Å². The topological polar surface area (TPSA) is 50.1 Å². The van der Waals surface area contributed by atoms with Gasteiger partial charge in [-0.1, -0.05) is 36.4 Å². The monoisotopic (exact) mass is 371 g/mol. The Morgan fingerprint density at radius 2 is 1.79 bits per heavy atom. The molecule has 4 heteroatoms. The van der Waals surface area contributed by atoms with Gasteiger partial charge in [0.2, 0.25) is 0 Å². The lowest BCUT2D eigenvalue weighted by atomic mass is 10.0. The standard InChI is InChI=1S/C24H18FNO2/c1-16-10-11-19(12-17(16)2)24(27)28-21-7-5-6-18(14-21)13-20(15-26)22-8-3-4-9-23(22)25/h3-14H,1-2H3/b20-13-. The van der Waals surface area contributed by atoms with Crippen molar-refractivity contribution in [2.75, 3.05) is 0 Å². The van der Waals surface area contributed by atoms with Crippen LogP contribution in [0.3, 0.4) is 0 Å². The molecule has 3 aromatic rings. The Kier molecular flexibility index (Phi) is 5.67. The van der Waals surface area contributed by atoms with E-state index in [-0.39, 0.29) is 11.1 Å². The molecule has 0 spiro atoms. The molecule has 0 fully saturated rings. The molecule has 3 rings (SSSR count). The number of carbonyl (C=O) groups is 1. The first-order valence-corrected chi connectivity index (χ1v) is 8.74. The van der Waals surface area contributed by atoms with Gasteiger partial charge in [-0.3, -0.25) is 0 Å². The summed E-state index contributed by atoms with van der Waals surface area (Å²) in [4.78, 5) is 12.4. The Morgan fingerprint density at radius 3 is 2.50 bits per heavy atom. The second-order valence-corrected chi connectivity index (χ2v) is 6.41. The minimum atomic E-state index is -0.465. The summed E-state index contributed by atoms with van der Waals surface area (Å²) >= 11 is 0. The van der Waals surface area contributed by atoms with Crippen LogP contribution in [0.2, 0.25) is 0 Å². The lowest BCUT2D eigenvalue weighted by molar-refractivity contribution is 0.0734. The summed E-state index contributed by atoms with van der Waals surface area (Å²) in [5, 5.41) is 9.41. The van der Waals surface area contributed by atoms with Gasteiger partial charge < -0.3 is 4.74 Å². The van der Waals surface area contributed by atoms with Crippen molar-refractivity contribution >= 4 is 17.6 Å². The summed E-state index contributed by atoms with van der Waals surface area (Å²) in [6.45, 7) is 3.91. The Morgan fingerprint density at radius 1 is 1.00 bits per heavy atom. The van der Waals surface area contributed by atoms with Gasteiger partial charge in [-0.2, -0.15) is 5.26 Å². The third-order valence-corrected chi connectivity index (χ3v) is 4.41. The fraction of sp³-hybridized carbons (Fsp3) is 0.0833. The van der Waals surface area contributed by atoms with Crippen molar-refractivity contribution in [2.45, 2.75) is 13.8 Å². The Labute approximate surface area is 163 Å². The first kappa shape index (κ1) is 19.1. The van der Waals surface area contributed by atoms with E-state index in [1.54, 1.807) is 60.7 Å². The zero-order valence-corrected chi connectivity index (χ0v) is 15.6. The molecular weight excluding hydrogens is 353 g/mol. The maximum Gasteiger partial charge on any atom is 0.343 e. The molecule has 0 aliphatic rings. The van der Waals surface area contributed by atoms with Crippen LogP contribution in [0, 0.1) is 31.0 Å². The first-order chi connectivity index (χ1) is 13.5. The molecule has 28 heavy (non-hydrogen) atoms. The van der Waals surface area contributed by atoms with Gasteiger partial charge in [0.15, 0.2) is 0 Å². The van der Waals surface area contributed by atoms with Crippen LogP contribution in [0.15, 0.2) is 66.7 Å². The third kappa shape index (κ3) is 4.33. The number of nitriles is 1. The highest BCUT2D eigenvalue weighted by atomic mass is 19.1. The van der Waals surface area contributed by atoms with Crippen molar-refractivity contribution in [1.82, 2.24) is 0 Å². The van der Waals surface area contributed by atoms with Gasteiger partial charge in [-0.15, -0.1) is 0 Å². The fourth-order valence-corrected chi connectivity index (χ4v) is 2.72. The highest BCUT2D eigenvalue weighted by molar-refractivity contribution is 5.92. The molecule has 0 bridgehead atoms. The molecule has 0 amide bonds. The first-order valence-electron chi connectivity index (χ1n) is 8.74. The molecule has 0 unspecified atom stereocenters. The Hall–Kier alpha value is -3.71.